The first kappa shape index (κ1) is 18.0. The average molecular weight is 381 g/mol. The Labute approximate surface area is 156 Å². The van der Waals surface area contributed by atoms with Crippen LogP contribution in [0.1, 0.15) is 28.8 Å². The number of hydrogen-bond acceptors (Lipinski definition) is 2. The molecule has 1 aliphatic heterocycles. The lowest BCUT2D eigenvalue weighted by molar-refractivity contribution is 0.0785. The summed E-state index contributed by atoms with van der Waals surface area (Å²) in [6, 6.07) is 10.4. The van der Waals surface area contributed by atoms with Gasteiger partial charge < -0.3 is 9.80 Å². The molecular formula is C19H19Cl2FN2O. The minimum absolute atomic E-state index is 0.0939. The zero-order valence-corrected chi connectivity index (χ0v) is 15.4. The maximum atomic E-state index is 13.7. The molecule has 3 nitrogen and oxygen atoms in total. The Morgan fingerprint density at radius 3 is 2.56 bits per heavy atom. The van der Waals surface area contributed by atoms with Gasteiger partial charge in [0.25, 0.3) is 5.91 Å². The first-order chi connectivity index (χ1) is 12.0. The number of anilines is 1. The zero-order chi connectivity index (χ0) is 18.0. The topological polar surface area (TPSA) is 23.6 Å². The molecule has 0 unspecified atom stereocenters. The van der Waals surface area contributed by atoms with Crippen molar-refractivity contribution in [2.45, 2.75) is 19.4 Å². The molecule has 1 saturated heterocycles. The summed E-state index contributed by atoms with van der Waals surface area (Å²) in [5.41, 5.74) is 2.32. The summed E-state index contributed by atoms with van der Waals surface area (Å²) in [4.78, 5) is 16.6. The number of benzene rings is 2. The molecule has 132 valence electrons. The highest BCUT2D eigenvalue weighted by Gasteiger charge is 2.21. The Morgan fingerprint density at radius 1 is 1.16 bits per heavy atom. The van der Waals surface area contributed by atoms with Crippen LogP contribution in [0.2, 0.25) is 10.0 Å². The molecule has 1 heterocycles. The van der Waals surface area contributed by atoms with Gasteiger partial charge in [-0.05, 0) is 36.6 Å². The van der Waals surface area contributed by atoms with Gasteiger partial charge in [0.1, 0.15) is 5.82 Å². The van der Waals surface area contributed by atoms with Gasteiger partial charge in [-0.1, -0.05) is 41.4 Å². The maximum absolute atomic E-state index is 13.7. The molecule has 3 rings (SSSR count). The number of hydrogen-bond donors (Lipinski definition) is 0. The number of amides is 1. The van der Waals surface area contributed by atoms with Crippen LogP contribution in [0.25, 0.3) is 0 Å². The fraction of sp³-hybridized carbons (Fsp3) is 0.316. The van der Waals surface area contributed by atoms with Crippen molar-refractivity contribution >= 4 is 34.8 Å². The number of para-hydroxylation sites is 1. The third-order valence-electron chi connectivity index (χ3n) is 4.43. The maximum Gasteiger partial charge on any atom is 0.255 e. The van der Waals surface area contributed by atoms with E-state index in [4.69, 9.17) is 23.2 Å². The van der Waals surface area contributed by atoms with Crippen molar-refractivity contribution in [3.63, 3.8) is 0 Å². The van der Waals surface area contributed by atoms with Crippen molar-refractivity contribution in [3.05, 3.63) is 63.4 Å². The molecule has 6 heteroatoms. The predicted octanol–water partition coefficient (Wildman–Crippen LogP) is 5.00. The van der Waals surface area contributed by atoms with E-state index in [2.05, 4.69) is 11.0 Å². The van der Waals surface area contributed by atoms with E-state index in [0.29, 0.717) is 6.54 Å². The summed E-state index contributed by atoms with van der Waals surface area (Å²) >= 11 is 11.8. The van der Waals surface area contributed by atoms with Crippen LogP contribution in [0, 0.1) is 5.82 Å². The van der Waals surface area contributed by atoms with Gasteiger partial charge in [0, 0.05) is 32.4 Å². The number of carbonyl (C=O) groups excluding carboxylic acids is 1. The second-order valence-corrected chi connectivity index (χ2v) is 7.04. The monoisotopic (exact) mass is 380 g/mol. The minimum atomic E-state index is -0.653. The Morgan fingerprint density at radius 2 is 1.84 bits per heavy atom. The van der Waals surface area contributed by atoms with E-state index >= 15 is 0 Å². The Hall–Kier alpha value is -1.78. The van der Waals surface area contributed by atoms with Crippen LogP contribution in [-0.2, 0) is 6.54 Å². The van der Waals surface area contributed by atoms with Crippen molar-refractivity contribution < 1.29 is 9.18 Å². The predicted molar refractivity (Wildman–Crippen MR) is 100 cm³/mol. The van der Waals surface area contributed by atoms with Crippen molar-refractivity contribution in [2.75, 3.05) is 25.0 Å². The van der Waals surface area contributed by atoms with Crippen LogP contribution in [-0.4, -0.2) is 30.9 Å². The van der Waals surface area contributed by atoms with Crippen LogP contribution in [0.3, 0.4) is 0 Å². The van der Waals surface area contributed by atoms with Crippen LogP contribution < -0.4 is 4.90 Å². The van der Waals surface area contributed by atoms with Crippen LogP contribution >= 0.6 is 23.2 Å². The molecule has 0 aromatic heterocycles. The Balaban J connectivity index is 1.82. The van der Waals surface area contributed by atoms with E-state index in [1.807, 2.05) is 18.2 Å². The van der Waals surface area contributed by atoms with E-state index in [9.17, 15) is 9.18 Å². The molecule has 0 bridgehead atoms. The van der Waals surface area contributed by atoms with Crippen LogP contribution in [0.15, 0.2) is 36.4 Å². The summed E-state index contributed by atoms with van der Waals surface area (Å²) in [6.45, 7) is 2.48. The quantitative estimate of drug-likeness (QED) is 0.696. The van der Waals surface area contributed by atoms with Gasteiger partial charge in [0.15, 0.2) is 0 Å². The van der Waals surface area contributed by atoms with Gasteiger partial charge >= 0.3 is 0 Å². The van der Waals surface area contributed by atoms with Crippen LogP contribution in [0.5, 0.6) is 0 Å². The molecular weight excluding hydrogens is 362 g/mol. The molecule has 1 fully saturated rings. The van der Waals surface area contributed by atoms with Gasteiger partial charge in [-0.3, -0.25) is 4.79 Å². The molecule has 1 aliphatic rings. The largest absolute Gasteiger partial charge is 0.371 e. The van der Waals surface area contributed by atoms with E-state index in [0.717, 1.165) is 30.4 Å². The number of carbonyl (C=O) groups is 1. The highest BCUT2D eigenvalue weighted by Crippen LogP contribution is 2.28. The van der Waals surface area contributed by atoms with Gasteiger partial charge in [-0.2, -0.15) is 0 Å². The molecule has 0 saturated carbocycles. The average Bonchev–Trinajstić information content (AvgIpc) is 3.12. The molecule has 0 aliphatic carbocycles. The van der Waals surface area contributed by atoms with Gasteiger partial charge in [0.2, 0.25) is 0 Å². The molecule has 1 amide bonds. The summed E-state index contributed by atoms with van der Waals surface area (Å²) < 4.78 is 13.7. The van der Waals surface area contributed by atoms with Crippen LogP contribution in [0.4, 0.5) is 10.1 Å². The minimum Gasteiger partial charge on any atom is -0.371 e. The van der Waals surface area contributed by atoms with Crippen molar-refractivity contribution in [2.24, 2.45) is 0 Å². The lowest BCUT2D eigenvalue weighted by atomic mass is 10.1. The molecule has 0 radical (unpaired) electrons. The Kier molecular flexibility index (Phi) is 5.50. The van der Waals surface area contributed by atoms with E-state index < -0.39 is 5.82 Å². The molecule has 0 atom stereocenters. The smallest absolute Gasteiger partial charge is 0.255 e. The molecule has 0 spiro atoms. The second-order valence-electron chi connectivity index (χ2n) is 6.23. The lowest BCUT2D eigenvalue weighted by Crippen LogP contribution is -2.28. The fourth-order valence-corrected chi connectivity index (χ4v) is 3.59. The lowest BCUT2D eigenvalue weighted by Gasteiger charge is -2.24. The zero-order valence-electron chi connectivity index (χ0n) is 13.9. The molecule has 2 aromatic carbocycles. The van der Waals surface area contributed by atoms with E-state index in [-0.39, 0.29) is 21.5 Å². The number of rotatable bonds is 4. The summed E-state index contributed by atoms with van der Waals surface area (Å²) in [7, 11) is 1.69. The normalized spacial score (nSPS) is 14.0. The van der Waals surface area contributed by atoms with Crippen molar-refractivity contribution in [1.29, 1.82) is 0 Å². The molecule has 0 N–H and O–H groups in total. The van der Waals surface area contributed by atoms with E-state index in [1.54, 1.807) is 11.9 Å². The Bertz CT molecular complexity index is 791. The molecule has 2 aromatic rings. The van der Waals surface area contributed by atoms with Crippen molar-refractivity contribution in [3.8, 4) is 0 Å². The number of nitrogens with zero attached hydrogens (tertiary/aromatic N) is 2. The van der Waals surface area contributed by atoms with Gasteiger partial charge in [0.05, 0.1) is 15.6 Å². The van der Waals surface area contributed by atoms with Crippen molar-refractivity contribution in [1.82, 2.24) is 4.90 Å². The third kappa shape index (κ3) is 3.91. The first-order valence-corrected chi connectivity index (χ1v) is 8.96. The summed E-state index contributed by atoms with van der Waals surface area (Å²) in [6.07, 6.45) is 2.37. The van der Waals surface area contributed by atoms with Gasteiger partial charge in [-0.15, -0.1) is 0 Å². The number of halogens is 3. The first-order valence-electron chi connectivity index (χ1n) is 8.20. The fourth-order valence-electron chi connectivity index (χ4n) is 3.13. The summed E-state index contributed by atoms with van der Waals surface area (Å²) in [5.74, 6) is -0.989. The standard InChI is InChI=1S/C19H19Cl2FN2O/c1-23(19(25)14-10-17(22)16(21)11-15(14)20)12-13-6-2-3-7-18(13)24-8-4-5-9-24/h2-3,6-7,10-11H,4-5,8-9,12H2,1H3. The molecule has 25 heavy (non-hydrogen) atoms. The SMILES string of the molecule is CN(Cc1ccccc1N1CCCC1)C(=O)c1cc(F)c(Cl)cc1Cl. The van der Waals surface area contributed by atoms with Gasteiger partial charge in [-0.25, -0.2) is 4.39 Å². The third-order valence-corrected chi connectivity index (χ3v) is 5.04. The highest BCUT2D eigenvalue weighted by molar-refractivity contribution is 6.36. The second kappa shape index (κ2) is 7.63. The van der Waals surface area contributed by atoms with E-state index in [1.165, 1.54) is 18.9 Å². The highest BCUT2D eigenvalue weighted by atomic mass is 35.5. The summed E-state index contributed by atoms with van der Waals surface area (Å²) in [5, 5.41) is 0.0552.